The number of halogens is 2. The number of carbonyl (C=O) groups is 2. The van der Waals surface area contributed by atoms with E-state index in [0.717, 1.165) is 28.9 Å². The molecule has 7 rings (SSSR count). The first-order chi connectivity index (χ1) is 25.2. The van der Waals surface area contributed by atoms with Crippen molar-refractivity contribution in [2.24, 2.45) is 0 Å². The zero-order valence-corrected chi connectivity index (χ0v) is 32.3. The van der Waals surface area contributed by atoms with Gasteiger partial charge in [0.1, 0.15) is 34.3 Å². The molecule has 4 aromatic rings. The van der Waals surface area contributed by atoms with Crippen molar-refractivity contribution in [2.45, 2.75) is 70.6 Å². The van der Waals surface area contributed by atoms with Crippen LogP contribution in [0, 0.1) is 17.1 Å². The van der Waals surface area contributed by atoms with Crippen molar-refractivity contribution in [2.75, 3.05) is 63.4 Å². The number of fused-ring (bicyclic) bond motifs is 4. The van der Waals surface area contributed by atoms with Gasteiger partial charge in [-0.15, -0.1) is 11.3 Å². The lowest BCUT2D eigenvalue weighted by molar-refractivity contribution is -0.132. The molecule has 2 N–H and O–H groups in total. The average Bonchev–Trinajstić information content (AvgIpc) is 3.84. The number of rotatable bonds is 7. The average molecular weight is 765 g/mol. The summed E-state index contributed by atoms with van der Waals surface area (Å²) in [6.45, 7) is 7.39. The number of thiophene rings is 1. The Hall–Kier alpha value is -4.33. The van der Waals surface area contributed by atoms with Crippen LogP contribution in [0.2, 0.25) is 5.02 Å². The first kappa shape index (κ1) is 37.0. The lowest BCUT2D eigenvalue weighted by atomic mass is 9.91. The van der Waals surface area contributed by atoms with Gasteiger partial charge in [0.25, 0.3) is 0 Å². The minimum Gasteiger partial charge on any atom is -0.444 e. The Kier molecular flexibility index (Phi) is 9.88. The molecule has 2 aromatic carbocycles. The second kappa shape index (κ2) is 14.1. The summed E-state index contributed by atoms with van der Waals surface area (Å²) < 4.78 is 33.1. The van der Waals surface area contributed by atoms with Crippen LogP contribution in [0.15, 0.2) is 12.1 Å². The molecule has 53 heavy (non-hydrogen) atoms. The summed E-state index contributed by atoms with van der Waals surface area (Å²) in [5.74, 6) is 0.302. The van der Waals surface area contributed by atoms with E-state index in [1.807, 2.05) is 14.1 Å². The summed E-state index contributed by atoms with van der Waals surface area (Å²) in [7, 11) is 7.49. The Balaban J connectivity index is 1.45. The Morgan fingerprint density at radius 3 is 2.62 bits per heavy atom. The number of anilines is 3. The van der Waals surface area contributed by atoms with Crippen LogP contribution < -0.4 is 15.5 Å². The largest absolute Gasteiger partial charge is 0.444 e. The van der Waals surface area contributed by atoms with Gasteiger partial charge in [-0.2, -0.15) is 10.2 Å². The molecule has 2 unspecified atom stereocenters. The number of nitriles is 1. The van der Waals surface area contributed by atoms with E-state index in [4.69, 9.17) is 35.8 Å². The summed E-state index contributed by atoms with van der Waals surface area (Å²) >= 11 is 8.43. The van der Waals surface area contributed by atoms with Gasteiger partial charge in [0, 0.05) is 44.7 Å². The molecule has 0 radical (unpaired) electrons. The van der Waals surface area contributed by atoms with E-state index in [1.54, 1.807) is 45.9 Å². The maximum atomic E-state index is 15.6. The third kappa shape index (κ3) is 6.72. The fourth-order valence-corrected chi connectivity index (χ4v) is 8.92. The number of nitrogens with zero attached hydrogens (tertiary/aromatic N) is 6. The molecule has 0 aliphatic carbocycles. The number of carbonyl (C=O) groups excluding carboxylic acids is 2. The third-order valence-electron chi connectivity index (χ3n) is 10.0. The minimum atomic E-state index is -0.787. The second-order valence-corrected chi connectivity index (χ2v) is 16.3. The monoisotopic (exact) mass is 764 g/mol. The predicted molar refractivity (Wildman–Crippen MR) is 203 cm³/mol. The SMILES string of the molecule is COC1CN(c2nc(N[C@@H]3CCCN(C)C3=O)c3c4c(c(-c5ccc(F)c6sc(NC(=O)OC(C)(C)C)c(C#N)c56)c(Cl)c3n2)COC4)CC1N(C)C. The molecular weight excluding hydrogens is 723 g/mol. The number of benzene rings is 2. The van der Waals surface area contributed by atoms with Crippen molar-refractivity contribution < 1.29 is 28.2 Å². The number of likely N-dealkylation sites (N-methyl/N-ethyl adjacent to an activating group) is 2. The van der Waals surface area contributed by atoms with Gasteiger partial charge >= 0.3 is 6.09 Å². The quantitative estimate of drug-likeness (QED) is 0.217. The number of nitrogens with one attached hydrogen (secondary N) is 2. The van der Waals surface area contributed by atoms with Gasteiger partial charge in [-0.05, 0) is 70.5 Å². The van der Waals surface area contributed by atoms with Crippen LogP contribution in [0.25, 0.3) is 32.1 Å². The number of piperidine rings is 1. The van der Waals surface area contributed by atoms with Crippen molar-refractivity contribution in [3.05, 3.63) is 39.7 Å². The number of amides is 2. The van der Waals surface area contributed by atoms with Gasteiger partial charge in [0.15, 0.2) is 0 Å². The molecule has 280 valence electrons. The third-order valence-corrected chi connectivity index (χ3v) is 11.5. The van der Waals surface area contributed by atoms with E-state index in [2.05, 4.69) is 26.5 Å². The van der Waals surface area contributed by atoms with Crippen LogP contribution in [0.3, 0.4) is 0 Å². The van der Waals surface area contributed by atoms with Crippen molar-refractivity contribution in [3.63, 3.8) is 0 Å². The van der Waals surface area contributed by atoms with Crippen molar-refractivity contribution in [1.29, 1.82) is 5.26 Å². The minimum absolute atomic E-state index is 0.0283. The highest BCUT2D eigenvalue weighted by Crippen LogP contribution is 2.50. The highest BCUT2D eigenvalue weighted by atomic mass is 35.5. The molecule has 0 saturated carbocycles. The molecule has 3 aliphatic heterocycles. The predicted octanol–water partition coefficient (Wildman–Crippen LogP) is 6.35. The molecule has 2 fully saturated rings. The molecule has 16 heteroatoms. The second-order valence-electron chi connectivity index (χ2n) is 14.9. The van der Waals surface area contributed by atoms with E-state index in [9.17, 15) is 14.9 Å². The highest BCUT2D eigenvalue weighted by molar-refractivity contribution is 7.23. The number of likely N-dealkylation sites (tertiary alicyclic amines) is 1. The van der Waals surface area contributed by atoms with E-state index < -0.39 is 23.6 Å². The van der Waals surface area contributed by atoms with Gasteiger partial charge in [-0.1, -0.05) is 17.7 Å². The van der Waals surface area contributed by atoms with E-state index in [-0.39, 0.29) is 51.6 Å². The van der Waals surface area contributed by atoms with E-state index >= 15 is 4.39 Å². The van der Waals surface area contributed by atoms with Crippen LogP contribution in [0.4, 0.5) is 26.0 Å². The van der Waals surface area contributed by atoms with Crippen molar-refractivity contribution in [1.82, 2.24) is 19.8 Å². The summed E-state index contributed by atoms with van der Waals surface area (Å²) in [5, 5.41) is 17.9. The fourth-order valence-electron chi connectivity index (χ4n) is 7.50. The summed E-state index contributed by atoms with van der Waals surface area (Å²) in [6, 6.07) is 4.67. The molecule has 13 nitrogen and oxygen atoms in total. The van der Waals surface area contributed by atoms with Crippen LogP contribution >= 0.6 is 22.9 Å². The van der Waals surface area contributed by atoms with Crippen LogP contribution in [-0.4, -0.2) is 103 Å². The van der Waals surface area contributed by atoms with Gasteiger partial charge in [0.2, 0.25) is 11.9 Å². The molecular formula is C37H42ClFN8O5S. The fraction of sp³-hybridized carbons (Fsp3) is 0.486. The lowest BCUT2D eigenvalue weighted by Crippen LogP contribution is -2.45. The van der Waals surface area contributed by atoms with Crippen LogP contribution in [0.1, 0.15) is 50.3 Å². The standard InChI is InChI=1S/C37H42ClFN8O5S/c1-37(2,3)52-36(49)44-33-19(13-40)27-18(10-11-22(39)31(27)53-33)26-20-16-51-17-21(20)28-30(29(26)38)42-35(47-14-24(45(4)5)25(15-47)50-7)43-32(28)41-23-9-8-12-46(6)34(23)48/h10-11,23-25H,8-9,12,14-17H2,1-7H3,(H,44,49)(H,41,42,43)/t23-,24?,25?/m1/s1. The number of aromatic nitrogens is 2. The van der Waals surface area contributed by atoms with Gasteiger partial charge in [-0.25, -0.2) is 14.2 Å². The number of methoxy groups -OCH3 is 1. The normalized spacial score (nSPS) is 20.4. The van der Waals surface area contributed by atoms with Gasteiger partial charge < -0.3 is 34.2 Å². The number of hydrogen-bond donors (Lipinski definition) is 2. The highest BCUT2D eigenvalue weighted by Gasteiger charge is 2.38. The van der Waals surface area contributed by atoms with Gasteiger partial charge in [0.05, 0.1) is 51.5 Å². The smallest absolute Gasteiger partial charge is 0.412 e. The summed E-state index contributed by atoms with van der Waals surface area (Å²) in [5.41, 5.74) is 2.28. The van der Waals surface area contributed by atoms with Crippen LogP contribution in [-0.2, 0) is 32.2 Å². The Morgan fingerprint density at radius 2 is 1.94 bits per heavy atom. The molecule has 3 aliphatic rings. The molecule has 3 atom stereocenters. The molecule has 5 heterocycles. The molecule has 0 bridgehead atoms. The molecule has 2 aromatic heterocycles. The van der Waals surface area contributed by atoms with E-state index in [0.29, 0.717) is 65.2 Å². The molecule has 2 saturated heterocycles. The Morgan fingerprint density at radius 1 is 1.19 bits per heavy atom. The number of ether oxygens (including phenoxy) is 3. The zero-order chi connectivity index (χ0) is 37.9. The van der Waals surface area contributed by atoms with Gasteiger partial charge in [-0.3, -0.25) is 10.1 Å². The first-order valence-corrected chi connectivity index (χ1v) is 18.6. The van der Waals surface area contributed by atoms with Crippen molar-refractivity contribution >= 4 is 72.7 Å². The Labute approximate surface area is 315 Å². The van der Waals surface area contributed by atoms with Crippen molar-refractivity contribution in [3.8, 4) is 17.2 Å². The zero-order valence-electron chi connectivity index (χ0n) is 30.7. The summed E-state index contributed by atoms with van der Waals surface area (Å²) in [4.78, 5) is 42.2. The van der Waals surface area contributed by atoms with Crippen LogP contribution in [0.5, 0.6) is 0 Å². The maximum Gasteiger partial charge on any atom is 0.412 e. The molecule has 2 amide bonds. The lowest BCUT2D eigenvalue weighted by Gasteiger charge is -2.31. The Bertz CT molecular complexity index is 2180. The number of hydrogen-bond acceptors (Lipinski definition) is 12. The topological polar surface area (TPSA) is 145 Å². The maximum absolute atomic E-state index is 15.6. The first-order valence-electron chi connectivity index (χ1n) is 17.4. The van der Waals surface area contributed by atoms with E-state index in [1.165, 1.54) is 6.07 Å². The molecule has 0 spiro atoms. The summed E-state index contributed by atoms with van der Waals surface area (Å²) in [6.07, 6.45) is 0.602.